The Bertz CT molecular complexity index is 1400. The molecule has 1 fully saturated rings. The lowest BCUT2D eigenvalue weighted by atomic mass is 9.79. The average Bonchev–Trinajstić information content (AvgIpc) is 2.95. The van der Waals surface area contributed by atoms with Crippen LogP contribution < -0.4 is 9.64 Å². The molecule has 1 heterocycles. The predicted molar refractivity (Wildman–Crippen MR) is 143 cm³/mol. The summed E-state index contributed by atoms with van der Waals surface area (Å²) in [6.07, 6.45) is 2.23. The Morgan fingerprint density at radius 1 is 0.842 bits per heavy atom. The molecule has 192 valence electrons. The third-order valence-corrected chi connectivity index (χ3v) is 6.79. The van der Waals surface area contributed by atoms with Crippen molar-refractivity contribution in [2.45, 2.75) is 19.1 Å². The molecule has 1 amide bonds. The lowest BCUT2D eigenvalue weighted by Crippen LogP contribution is -2.55. The van der Waals surface area contributed by atoms with Crippen LogP contribution in [0, 0.1) is 17.6 Å². The Hall–Kier alpha value is -4.29. The number of aliphatic hydroxyl groups excluding tert-OH is 1. The zero-order valence-corrected chi connectivity index (χ0v) is 20.6. The zero-order chi connectivity index (χ0) is 26.5. The molecule has 2 unspecified atom stereocenters. The molecule has 0 spiro atoms. The lowest BCUT2D eigenvalue weighted by molar-refractivity contribution is -0.130. The number of hydrogen-bond donors (Lipinski definition) is 1. The van der Waals surface area contributed by atoms with Gasteiger partial charge >= 0.3 is 0 Å². The van der Waals surface area contributed by atoms with E-state index >= 15 is 0 Å². The maximum absolute atomic E-state index is 13.6. The molecule has 0 aromatic heterocycles. The minimum absolute atomic E-state index is 0.0846. The zero-order valence-electron chi connectivity index (χ0n) is 20.6. The van der Waals surface area contributed by atoms with Gasteiger partial charge in [-0.1, -0.05) is 60.7 Å². The monoisotopic (exact) mass is 511 g/mol. The normalized spacial score (nSPS) is 17.3. The summed E-state index contributed by atoms with van der Waals surface area (Å²) in [5, 5.41) is 9.91. The first-order valence-corrected chi connectivity index (χ1v) is 12.4. The number of nitrogens with zero attached hydrogens (tertiary/aromatic N) is 1. The first kappa shape index (κ1) is 25.4. The highest BCUT2D eigenvalue weighted by Crippen LogP contribution is 2.46. The molecular formula is C32H27F2NO3. The lowest BCUT2D eigenvalue weighted by Gasteiger charge is -2.47. The number of halogens is 2. The fourth-order valence-corrected chi connectivity index (χ4v) is 4.76. The molecule has 4 aromatic carbocycles. The number of allylic oxidation sites excluding steroid dienone is 1. The van der Waals surface area contributed by atoms with E-state index in [1.807, 2.05) is 60.7 Å². The Morgan fingerprint density at radius 2 is 1.47 bits per heavy atom. The van der Waals surface area contributed by atoms with Gasteiger partial charge in [-0.15, -0.1) is 0 Å². The highest BCUT2D eigenvalue weighted by Gasteiger charge is 2.48. The van der Waals surface area contributed by atoms with Crippen molar-refractivity contribution in [2.24, 2.45) is 5.92 Å². The maximum Gasteiger partial charge on any atom is 0.233 e. The van der Waals surface area contributed by atoms with Gasteiger partial charge in [0.25, 0.3) is 0 Å². The van der Waals surface area contributed by atoms with Crippen molar-refractivity contribution < 1.29 is 23.4 Å². The second kappa shape index (κ2) is 11.4. The molecule has 6 heteroatoms. The molecule has 0 saturated carbocycles. The fourth-order valence-electron chi connectivity index (χ4n) is 4.76. The maximum atomic E-state index is 13.6. The van der Waals surface area contributed by atoms with Crippen LogP contribution in [0.2, 0.25) is 0 Å². The van der Waals surface area contributed by atoms with Crippen LogP contribution in [-0.4, -0.2) is 17.6 Å². The number of β-lactam (4-membered cyclic amide) rings is 1. The van der Waals surface area contributed by atoms with Gasteiger partial charge in [-0.3, -0.25) is 4.79 Å². The van der Waals surface area contributed by atoms with E-state index in [9.17, 15) is 18.7 Å². The summed E-state index contributed by atoms with van der Waals surface area (Å²) < 4.78 is 32.8. The predicted octanol–water partition coefficient (Wildman–Crippen LogP) is 6.71. The van der Waals surface area contributed by atoms with Gasteiger partial charge < -0.3 is 14.7 Å². The molecular weight excluding hydrogens is 484 g/mol. The third kappa shape index (κ3) is 5.50. The minimum Gasteiger partial charge on any atom is -0.489 e. The van der Waals surface area contributed by atoms with Crippen LogP contribution >= 0.6 is 0 Å². The molecule has 1 saturated heterocycles. The van der Waals surface area contributed by atoms with Crippen LogP contribution in [-0.2, 0) is 11.4 Å². The summed E-state index contributed by atoms with van der Waals surface area (Å²) in [7, 11) is 0. The first-order valence-electron chi connectivity index (χ1n) is 12.4. The van der Waals surface area contributed by atoms with Crippen molar-refractivity contribution in [1.82, 2.24) is 0 Å². The number of anilines is 1. The number of amides is 1. The highest BCUT2D eigenvalue weighted by atomic mass is 19.1. The van der Waals surface area contributed by atoms with Crippen molar-refractivity contribution >= 4 is 17.2 Å². The average molecular weight is 512 g/mol. The SMILES string of the molecule is O=C1C(CC=C(CO)c2ccc(F)cc2)C(c2ccc(OCc3ccccc3)cc2)N1c1ccc(F)cc1. The Balaban J connectivity index is 1.38. The Kier molecular flexibility index (Phi) is 7.61. The first-order chi connectivity index (χ1) is 18.5. The van der Waals surface area contributed by atoms with E-state index in [4.69, 9.17) is 4.74 Å². The van der Waals surface area contributed by atoms with E-state index in [0.717, 1.165) is 11.1 Å². The minimum atomic E-state index is -0.377. The number of ether oxygens (including phenoxy) is 1. The molecule has 4 nitrogen and oxygen atoms in total. The molecule has 4 aromatic rings. The quantitative estimate of drug-likeness (QED) is 0.254. The summed E-state index contributed by atoms with van der Waals surface area (Å²) in [6, 6.07) is 29.0. The summed E-state index contributed by atoms with van der Waals surface area (Å²) in [6.45, 7) is 0.219. The molecule has 2 atom stereocenters. The van der Waals surface area contributed by atoms with Crippen LogP contribution in [0.1, 0.15) is 29.2 Å². The summed E-state index contributed by atoms with van der Waals surface area (Å²) in [4.78, 5) is 15.0. The highest BCUT2D eigenvalue weighted by molar-refractivity contribution is 6.03. The van der Waals surface area contributed by atoms with E-state index in [-0.39, 0.29) is 36.1 Å². The van der Waals surface area contributed by atoms with Crippen LogP contribution in [0.3, 0.4) is 0 Å². The number of benzene rings is 4. The number of hydrogen-bond acceptors (Lipinski definition) is 3. The van der Waals surface area contributed by atoms with Crippen LogP contribution in [0.4, 0.5) is 14.5 Å². The van der Waals surface area contributed by atoms with Gasteiger partial charge in [0.2, 0.25) is 5.91 Å². The molecule has 38 heavy (non-hydrogen) atoms. The molecule has 1 aliphatic rings. The smallest absolute Gasteiger partial charge is 0.233 e. The fraction of sp³-hybridized carbons (Fsp3) is 0.156. The molecule has 0 aliphatic carbocycles. The van der Waals surface area contributed by atoms with Crippen LogP contribution in [0.25, 0.3) is 5.57 Å². The molecule has 1 aliphatic heterocycles. The third-order valence-electron chi connectivity index (χ3n) is 6.79. The van der Waals surface area contributed by atoms with Gasteiger partial charge in [-0.25, -0.2) is 8.78 Å². The van der Waals surface area contributed by atoms with Crippen LogP contribution in [0.15, 0.2) is 109 Å². The number of carbonyl (C=O) groups is 1. The molecule has 1 N–H and O–H groups in total. The van der Waals surface area contributed by atoms with E-state index in [1.54, 1.807) is 29.2 Å². The van der Waals surface area contributed by atoms with Gasteiger partial charge in [0.05, 0.1) is 18.6 Å². The standard InChI is InChI=1S/C32H27F2NO3/c33-26-11-6-23(7-12-26)25(20-36)10-19-30-31(35(32(30)37)28-15-13-27(34)14-16-28)24-8-17-29(18-9-24)38-21-22-4-2-1-3-5-22/h1-18,30-31,36H,19-21H2. The number of carbonyl (C=O) groups excluding carboxylic acids is 1. The molecule has 0 radical (unpaired) electrons. The second-order valence-electron chi connectivity index (χ2n) is 9.21. The van der Waals surface area contributed by atoms with E-state index in [2.05, 4.69) is 0 Å². The largest absolute Gasteiger partial charge is 0.489 e. The van der Waals surface area contributed by atoms with Gasteiger partial charge in [-0.05, 0) is 77.2 Å². The van der Waals surface area contributed by atoms with Gasteiger partial charge in [0.15, 0.2) is 0 Å². The molecule has 5 rings (SSSR count). The second-order valence-corrected chi connectivity index (χ2v) is 9.21. The van der Waals surface area contributed by atoms with E-state index < -0.39 is 0 Å². The topological polar surface area (TPSA) is 49.8 Å². The van der Waals surface area contributed by atoms with Crippen molar-refractivity contribution in [3.63, 3.8) is 0 Å². The number of rotatable bonds is 9. The summed E-state index contributed by atoms with van der Waals surface area (Å²) >= 11 is 0. The Labute approximate surface area is 220 Å². The Morgan fingerprint density at radius 3 is 2.11 bits per heavy atom. The van der Waals surface area contributed by atoms with Gasteiger partial charge in [0.1, 0.15) is 24.0 Å². The summed E-state index contributed by atoms with van der Waals surface area (Å²) in [5.74, 6) is -0.473. The van der Waals surface area contributed by atoms with E-state index in [1.165, 1.54) is 24.3 Å². The van der Waals surface area contributed by atoms with Crippen molar-refractivity contribution in [3.8, 4) is 5.75 Å². The van der Waals surface area contributed by atoms with Crippen LogP contribution in [0.5, 0.6) is 5.75 Å². The number of aliphatic hydroxyl groups is 1. The molecule has 0 bridgehead atoms. The van der Waals surface area contributed by atoms with E-state index in [0.29, 0.717) is 35.6 Å². The van der Waals surface area contributed by atoms with Gasteiger partial charge in [0, 0.05) is 5.69 Å². The summed E-state index contributed by atoms with van der Waals surface area (Å²) in [5.41, 5.74) is 3.93. The van der Waals surface area contributed by atoms with Gasteiger partial charge in [-0.2, -0.15) is 0 Å². The van der Waals surface area contributed by atoms with Crippen molar-refractivity contribution in [1.29, 1.82) is 0 Å². The van der Waals surface area contributed by atoms with Crippen molar-refractivity contribution in [3.05, 3.63) is 138 Å². The van der Waals surface area contributed by atoms with Crippen molar-refractivity contribution in [2.75, 3.05) is 11.5 Å².